The molecule has 2 saturated heterocycles. The molecule has 0 saturated carbocycles. The Bertz CT molecular complexity index is 1340. The number of likely N-dealkylation sites (tertiary alicyclic amines) is 1. The van der Waals surface area contributed by atoms with Crippen molar-refractivity contribution < 1.29 is 47.3 Å². The number of nitrogens with zero attached hydrogens (tertiary/aromatic N) is 5. The van der Waals surface area contributed by atoms with E-state index in [-0.39, 0.29) is 30.2 Å². The third kappa shape index (κ3) is 5.93. The minimum Gasteiger partial charge on any atom is -0.465 e. The first-order chi connectivity index (χ1) is 19.7. The Morgan fingerprint density at radius 3 is 2.49 bits per heavy atom. The van der Waals surface area contributed by atoms with E-state index in [1.165, 1.54) is 15.8 Å². The Labute approximate surface area is 232 Å². The van der Waals surface area contributed by atoms with Crippen LogP contribution in [0.15, 0.2) is 28.9 Å². The molecule has 0 unspecified atom stereocenters. The van der Waals surface area contributed by atoms with Crippen LogP contribution in [0.5, 0.6) is 0 Å². The number of carbonyl (C=O) groups is 1. The number of aromatic nitrogens is 4. The molecule has 1 amide bonds. The summed E-state index contributed by atoms with van der Waals surface area (Å²) in [6.07, 6.45) is -2.07. The molecule has 4 heterocycles. The van der Waals surface area contributed by atoms with Gasteiger partial charge in [0, 0.05) is 43.7 Å². The summed E-state index contributed by atoms with van der Waals surface area (Å²) in [5.41, 5.74) is 0.518. The van der Waals surface area contributed by atoms with Crippen molar-refractivity contribution in [3.8, 4) is 11.3 Å². The number of hydrogen-bond acceptors (Lipinski definition) is 9. The fourth-order valence-corrected chi connectivity index (χ4v) is 5.47. The van der Waals surface area contributed by atoms with E-state index in [4.69, 9.17) is 14.0 Å². The van der Waals surface area contributed by atoms with Gasteiger partial charge in [-0.2, -0.15) is 0 Å². The molecule has 41 heavy (non-hydrogen) atoms. The normalized spacial score (nSPS) is 25.5. The average Bonchev–Trinajstić information content (AvgIpc) is 3.63. The fraction of sp³-hybridized carbons (Fsp3) is 0.538. The summed E-state index contributed by atoms with van der Waals surface area (Å²) >= 11 is 0. The molecular weight excluding hydrogens is 551 g/mol. The van der Waals surface area contributed by atoms with Crippen LogP contribution in [0.2, 0.25) is 0 Å². The minimum atomic E-state index is -1.60. The molecule has 0 radical (unpaired) electrons. The van der Waals surface area contributed by atoms with Gasteiger partial charge in [0.15, 0.2) is 17.5 Å². The SMILES string of the molecule is CCO[C@@H]1[C@@H](n2cc(-c3cc(F)c(F)c(F)c3)nn2)[C@@H](O)[C@@H](CO)O[C@@H]1Cc1cc(C2CCN(C(=O)O)CC2)on1. The Morgan fingerprint density at radius 2 is 1.85 bits per heavy atom. The van der Waals surface area contributed by atoms with Crippen LogP contribution in [-0.4, -0.2) is 97.2 Å². The summed E-state index contributed by atoms with van der Waals surface area (Å²) < 4.78 is 60.0. The van der Waals surface area contributed by atoms with Gasteiger partial charge in [-0.15, -0.1) is 5.10 Å². The molecule has 2 fully saturated rings. The van der Waals surface area contributed by atoms with Crippen molar-refractivity contribution in [1.82, 2.24) is 25.1 Å². The molecule has 2 aliphatic heterocycles. The van der Waals surface area contributed by atoms with Crippen LogP contribution < -0.4 is 0 Å². The highest BCUT2D eigenvalue weighted by molar-refractivity contribution is 5.65. The zero-order valence-corrected chi connectivity index (χ0v) is 22.1. The number of benzene rings is 1. The third-order valence-electron chi connectivity index (χ3n) is 7.57. The molecule has 3 aromatic rings. The van der Waals surface area contributed by atoms with Gasteiger partial charge in [-0.1, -0.05) is 10.4 Å². The van der Waals surface area contributed by atoms with E-state index >= 15 is 0 Å². The molecule has 0 bridgehead atoms. The second-order valence-electron chi connectivity index (χ2n) is 10.1. The molecule has 2 aliphatic rings. The molecule has 5 atom stereocenters. The van der Waals surface area contributed by atoms with Crippen LogP contribution in [-0.2, 0) is 15.9 Å². The fourth-order valence-electron chi connectivity index (χ4n) is 5.47. The molecule has 1 aromatic carbocycles. The van der Waals surface area contributed by atoms with Gasteiger partial charge >= 0.3 is 6.09 Å². The van der Waals surface area contributed by atoms with Crippen LogP contribution in [0.4, 0.5) is 18.0 Å². The quantitative estimate of drug-likeness (QED) is 0.338. The van der Waals surface area contributed by atoms with Crippen LogP contribution in [0.1, 0.15) is 43.2 Å². The summed E-state index contributed by atoms with van der Waals surface area (Å²) in [5, 5.41) is 42.4. The molecule has 222 valence electrons. The van der Waals surface area contributed by atoms with Gasteiger partial charge in [0.1, 0.15) is 35.8 Å². The minimum absolute atomic E-state index is 0.0104. The highest BCUT2D eigenvalue weighted by atomic mass is 19.2. The van der Waals surface area contributed by atoms with Crippen molar-refractivity contribution in [3.63, 3.8) is 0 Å². The van der Waals surface area contributed by atoms with E-state index in [0.717, 1.165) is 12.1 Å². The maximum Gasteiger partial charge on any atom is 0.407 e. The smallest absolute Gasteiger partial charge is 0.407 e. The molecule has 5 rings (SSSR count). The van der Waals surface area contributed by atoms with Crippen molar-refractivity contribution in [1.29, 1.82) is 0 Å². The van der Waals surface area contributed by atoms with Crippen molar-refractivity contribution in [2.24, 2.45) is 0 Å². The predicted molar refractivity (Wildman–Crippen MR) is 133 cm³/mol. The standard InChI is InChI=1S/C26H30F3N5O7/c1-2-39-25-20(10-15-9-19(41-31-15)13-3-5-33(6-4-13)26(37)38)40-21(12-35)24(36)23(25)34-11-18(30-32-34)14-7-16(27)22(29)17(28)8-14/h7-9,11,13,20-21,23-25,35-36H,2-6,10,12H2,1H3,(H,37,38)/t20-,21-,23+,24+,25+/m1/s1. The Balaban J connectivity index is 1.38. The average molecular weight is 582 g/mol. The van der Waals surface area contributed by atoms with Gasteiger partial charge in [-0.25, -0.2) is 22.6 Å². The van der Waals surface area contributed by atoms with E-state index in [1.54, 1.807) is 13.0 Å². The van der Waals surface area contributed by atoms with Crippen molar-refractivity contribution in [2.45, 2.75) is 62.6 Å². The van der Waals surface area contributed by atoms with Gasteiger partial charge in [-0.3, -0.25) is 0 Å². The lowest BCUT2D eigenvalue weighted by atomic mass is 9.89. The zero-order valence-electron chi connectivity index (χ0n) is 22.1. The summed E-state index contributed by atoms with van der Waals surface area (Å²) in [6.45, 7) is 2.26. The van der Waals surface area contributed by atoms with Crippen LogP contribution in [0, 0.1) is 17.5 Å². The highest BCUT2D eigenvalue weighted by Gasteiger charge is 2.47. The van der Waals surface area contributed by atoms with Gasteiger partial charge in [0.2, 0.25) is 0 Å². The Hall–Kier alpha value is -3.53. The molecular formula is C26H30F3N5O7. The van der Waals surface area contributed by atoms with Gasteiger partial charge in [0.25, 0.3) is 0 Å². The first-order valence-corrected chi connectivity index (χ1v) is 13.3. The third-order valence-corrected chi connectivity index (χ3v) is 7.57. The van der Waals surface area contributed by atoms with Crippen LogP contribution >= 0.6 is 0 Å². The molecule has 3 N–H and O–H groups in total. The maximum absolute atomic E-state index is 13.8. The first-order valence-electron chi connectivity index (χ1n) is 13.3. The lowest BCUT2D eigenvalue weighted by molar-refractivity contribution is -0.217. The monoisotopic (exact) mass is 581 g/mol. The molecule has 0 spiro atoms. The first kappa shape index (κ1) is 29.0. The van der Waals surface area contributed by atoms with E-state index in [9.17, 15) is 33.3 Å². The van der Waals surface area contributed by atoms with E-state index < -0.39 is 60.6 Å². The van der Waals surface area contributed by atoms with E-state index in [2.05, 4.69) is 15.5 Å². The van der Waals surface area contributed by atoms with Crippen LogP contribution in [0.25, 0.3) is 11.3 Å². The van der Waals surface area contributed by atoms with E-state index in [0.29, 0.717) is 37.4 Å². The molecule has 0 aliphatic carbocycles. The number of aliphatic hydroxyl groups excluding tert-OH is 2. The number of rotatable bonds is 8. The molecule has 12 nitrogen and oxygen atoms in total. The molecule has 15 heteroatoms. The second kappa shape index (κ2) is 12.1. The van der Waals surface area contributed by atoms with Crippen LogP contribution in [0.3, 0.4) is 0 Å². The van der Waals surface area contributed by atoms with Crippen molar-refractivity contribution >= 4 is 6.09 Å². The van der Waals surface area contributed by atoms with Crippen molar-refractivity contribution in [3.05, 3.63) is 53.3 Å². The number of amides is 1. The number of halogens is 3. The number of hydrogen-bond donors (Lipinski definition) is 3. The van der Waals surface area contributed by atoms with Gasteiger partial charge < -0.3 is 34.2 Å². The maximum atomic E-state index is 13.8. The summed E-state index contributed by atoms with van der Waals surface area (Å²) in [4.78, 5) is 12.6. The van der Waals surface area contributed by atoms with Gasteiger partial charge in [-0.05, 0) is 31.9 Å². The second-order valence-corrected chi connectivity index (χ2v) is 10.1. The lowest BCUT2D eigenvalue weighted by Gasteiger charge is -2.44. The summed E-state index contributed by atoms with van der Waals surface area (Å²) in [5.74, 6) is -3.73. The Morgan fingerprint density at radius 1 is 1.15 bits per heavy atom. The highest BCUT2D eigenvalue weighted by Crippen LogP contribution is 2.35. The number of aliphatic hydroxyl groups is 2. The summed E-state index contributed by atoms with van der Waals surface area (Å²) in [6, 6.07) is 2.45. The van der Waals surface area contributed by atoms with Crippen molar-refractivity contribution in [2.75, 3.05) is 26.3 Å². The zero-order chi connectivity index (χ0) is 29.3. The summed E-state index contributed by atoms with van der Waals surface area (Å²) in [7, 11) is 0. The lowest BCUT2D eigenvalue weighted by Crippen LogP contribution is -2.57. The van der Waals surface area contributed by atoms with E-state index in [1.807, 2.05) is 0 Å². The topological polar surface area (TPSA) is 156 Å². The number of carboxylic acid groups (broad SMARTS) is 1. The largest absolute Gasteiger partial charge is 0.465 e. The molecule has 2 aromatic heterocycles. The number of piperidine rings is 1. The number of ether oxygens (including phenoxy) is 2. The van der Waals surface area contributed by atoms with Gasteiger partial charge in [0.05, 0.1) is 24.6 Å². The Kier molecular flexibility index (Phi) is 8.58. The predicted octanol–water partition coefficient (Wildman–Crippen LogP) is 2.52.